The summed E-state index contributed by atoms with van der Waals surface area (Å²) in [7, 11) is 0. The van der Waals surface area contributed by atoms with Gasteiger partial charge in [0.2, 0.25) is 5.91 Å². The van der Waals surface area contributed by atoms with Gasteiger partial charge in [0, 0.05) is 12.5 Å². The molecule has 0 aliphatic rings. The van der Waals surface area contributed by atoms with E-state index in [9.17, 15) is 9.90 Å². The maximum atomic E-state index is 11.5. The minimum Gasteiger partial charge on any atom is -0.393 e. The molecule has 0 spiro atoms. The molecule has 144 valence electrons. The second kappa shape index (κ2) is 17.3. The normalized spacial score (nSPS) is 12.5. The molecule has 0 heterocycles. The van der Waals surface area contributed by atoms with Crippen molar-refractivity contribution in [3.05, 3.63) is 0 Å². The second-order valence-electron chi connectivity index (χ2n) is 7.59. The van der Waals surface area contributed by atoms with Crippen molar-refractivity contribution in [1.82, 2.24) is 5.32 Å². The Hall–Kier alpha value is -0.570. The lowest BCUT2D eigenvalue weighted by atomic mass is 10.0. The Morgan fingerprint density at radius 2 is 1.25 bits per heavy atom. The van der Waals surface area contributed by atoms with Gasteiger partial charge in [-0.25, -0.2) is 0 Å². The number of carbonyl (C=O) groups is 1. The van der Waals surface area contributed by atoms with Gasteiger partial charge in [-0.3, -0.25) is 4.79 Å². The van der Waals surface area contributed by atoms with Gasteiger partial charge in [-0.2, -0.15) is 0 Å². The Balaban J connectivity index is 3.21. The first-order valence-electron chi connectivity index (χ1n) is 10.5. The first-order valence-corrected chi connectivity index (χ1v) is 10.5. The zero-order valence-electron chi connectivity index (χ0n) is 16.6. The van der Waals surface area contributed by atoms with Crippen LogP contribution in [0.2, 0.25) is 0 Å². The van der Waals surface area contributed by atoms with E-state index < -0.39 is 0 Å². The van der Waals surface area contributed by atoms with Gasteiger partial charge in [0.1, 0.15) is 0 Å². The molecular formula is C21H43NO2. The largest absolute Gasteiger partial charge is 0.393 e. The fourth-order valence-corrected chi connectivity index (χ4v) is 3.07. The predicted molar refractivity (Wildman–Crippen MR) is 104 cm³/mol. The van der Waals surface area contributed by atoms with Gasteiger partial charge in [0.05, 0.1) is 6.10 Å². The zero-order valence-corrected chi connectivity index (χ0v) is 16.6. The summed E-state index contributed by atoms with van der Waals surface area (Å²) in [4.78, 5) is 11.5. The number of rotatable bonds is 17. The lowest BCUT2D eigenvalue weighted by Crippen LogP contribution is -2.29. The number of hydrogen-bond acceptors (Lipinski definition) is 2. The summed E-state index contributed by atoms with van der Waals surface area (Å²) < 4.78 is 0. The Morgan fingerprint density at radius 1 is 0.792 bits per heavy atom. The van der Waals surface area contributed by atoms with E-state index in [0.29, 0.717) is 6.42 Å². The number of amides is 1. The molecule has 0 aliphatic carbocycles. The molecule has 0 fully saturated rings. The molecule has 0 aromatic heterocycles. The van der Waals surface area contributed by atoms with E-state index in [1.54, 1.807) is 0 Å². The first-order chi connectivity index (χ1) is 11.6. The highest BCUT2D eigenvalue weighted by Gasteiger charge is 2.04. The smallest absolute Gasteiger partial charge is 0.220 e. The van der Waals surface area contributed by atoms with Gasteiger partial charge in [0.15, 0.2) is 0 Å². The van der Waals surface area contributed by atoms with Crippen LogP contribution in [0, 0.1) is 0 Å². The number of nitrogens with one attached hydrogen (secondary N) is 1. The summed E-state index contributed by atoms with van der Waals surface area (Å²) in [6.07, 6.45) is 17.3. The number of carbonyl (C=O) groups excluding carboxylic acids is 1. The summed E-state index contributed by atoms with van der Waals surface area (Å²) in [5.74, 6) is 0.193. The quantitative estimate of drug-likeness (QED) is 0.331. The molecule has 2 N–H and O–H groups in total. The fraction of sp³-hybridized carbons (Fsp3) is 0.952. The molecule has 1 amide bonds. The van der Waals surface area contributed by atoms with Crippen LogP contribution in [0.25, 0.3) is 0 Å². The van der Waals surface area contributed by atoms with Crippen molar-refractivity contribution in [2.24, 2.45) is 0 Å². The average molecular weight is 342 g/mol. The highest BCUT2D eigenvalue weighted by Crippen LogP contribution is 2.14. The minimum atomic E-state index is -0.0705. The molecule has 1 unspecified atom stereocenters. The van der Waals surface area contributed by atoms with E-state index in [2.05, 4.69) is 12.2 Å². The molecule has 0 saturated carbocycles. The van der Waals surface area contributed by atoms with Crippen molar-refractivity contribution in [2.45, 2.75) is 129 Å². The number of aliphatic hydroxyl groups excluding tert-OH is 1. The number of hydrogen-bond donors (Lipinski definition) is 2. The molecule has 0 bridgehead atoms. The van der Waals surface area contributed by atoms with Crippen molar-refractivity contribution < 1.29 is 9.90 Å². The number of unbranched alkanes of at least 4 members (excludes halogenated alkanes) is 10. The summed E-state index contributed by atoms with van der Waals surface area (Å²) in [5.41, 5.74) is 0. The van der Waals surface area contributed by atoms with E-state index in [0.717, 1.165) is 19.3 Å². The third kappa shape index (κ3) is 17.8. The van der Waals surface area contributed by atoms with Crippen molar-refractivity contribution in [2.75, 3.05) is 0 Å². The maximum Gasteiger partial charge on any atom is 0.220 e. The van der Waals surface area contributed by atoms with E-state index in [-0.39, 0.29) is 18.1 Å². The van der Waals surface area contributed by atoms with Gasteiger partial charge in [-0.15, -0.1) is 0 Å². The molecule has 0 aromatic rings. The standard InChI is InChI=1S/C21H43NO2/c1-4-5-6-13-16-20(23)17-14-11-9-7-8-10-12-15-18-21(24)22-19(2)3/h19-20,23H,4-18H2,1-3H3,(H,22,24). The van der Waals surface area contributed by atoms with Crippen LogP contribution in [0.1, 0.15) is 117 Å². The first kappa shape index (κ1) is 23.4. The molecule has 0 aromatic carbocycles. The second-order valence-corrected chi connectivity index (χ2v) is 7.59. The van der Waals surface area contributed by atoms with Crippen LogP contribution in [0.5, 0.6) is 0 Å². The monoisotopic (exact) mass is 341 g/mol. The summed E-state index contributed by atoms with van der Waals surface area (Å²) in [6.45, 7) is 6.23. The molecular weight excluding hydrogens is 298 g/mol. The number of aliphatic hydroxyl groups is 1. The zero-order chi connectivity index (χ0) is 18.0. The van der Waals surface area contributed by atoms with Crippen LogP contribution in [0.4, 0.5) is 0 Å². The Bertz CT molecular complexity index is 279. The Labute approximate surface area is 151 Å². The van der Waals surface area contributed by atoms with Crippen LogP contribution in [0.3, 0.4) is 0 Å². The van der Waals surface area contributed by atoms with E-state index in [1.165, 1.54) is 70.6 Å². The van der Waals surface area contributed by atoms with Gasteiger partial charge >= 0.3 is 0 Å². The molecule has 3 nitrogen and oxygen atoms in total. The summed E-state index contributed by atoms with van der Waals surface area (Å²) >= 11 is 0. The minimum absolute atomic E-state index is 0.0705. The summed E-state index contributed by atoms with van der Waals surface area (Å²) in [5, 5.41) is 12.9. The third-order valence-corrected chi connectivity index (χ3v) is 4.53. The molecule has 24 heavy (non-hydrogen) atoms. The predicted octanol–water partition coefficient (Wildman–Crippen LogP) is 5.74. The van der Waals surface area contributed by atoms with Gasteiger partial charge in [-0.1, -0.05) is 77.6 Å². The van der Waals surface area contributed by atoms with Crippen LogP contribution < -0.4 is 5.32 Å². The Morgan fingerprint density at radius 3 is 1.75 bits per heavy atom. The highest BCUT2D eigenvalue weighted by molar-refractivity contribution is 5.76. The van der Waals surface area contributed by atoms with Gasteiger partial charge in [-0.05, 0) is 33.1 Å². The van der Waals surface area contributed by atoms with Gasteiger partial charge in [0.25, 0.3) is 0 Å². The van der Waals surface area contributed by atoms with E-state index in [1.807, 2.05) is 13.8 Å². The van der Waals surface area contributed by atoms with Crippen LogP contribution in [0.15, 0.2) is 0 Å². The van der Waals surface area contributed by atoms with E-state index in [4.69, 9.17) is 0 Å². The molecule has 0 aliphatic heterocycles. The SMILES string of the molecule is CCCCCCC(O)CCCCCCCCCCC(=O)NC(C)C. The molecule has 1 atom stereocenters. The van der Waals surface area contributed by atoms with Crippen molar-refractivity contribution in [3.8, 4) is 0 Å². The third-order valence-electron chi connectivity index (χ3n) is 4.53. The highest BCUT2D eigenvalue weighted by atomic mass is 16.3. The maximum absolute atomic E-state index is 11.5. The molecule has 0 saturated heterocycles. The lowest BCUT2D eigenvalue weighted by Gasteiger charge is -2.10. The Kier molecular flexibility index (Phi) is 16.8. The fourth-order valence-electron chi connectivity index (χ4n) is 3.07. The average Bonchev–Trinajstić information content (AvgIpc) is 2.52. The lowest BCUT2D eigenvalue weighted by molar-refractivity contribution is -0.121. The van der Waals surface area contributed by atoms with Crippen molar-refractivity contribution >= 4 is 5.91 Å². The van der Waals surface area contributed by atoms with E-state index >= 15 is 0 Å². The molecule has 3 heteroatoms. The topological polar surface area (TPSA) is 49.3 Å². The molecule has 0 rings (SSSR count). The van der Waals surface area contributed by atoms with Crippen molar-refractivity contribution in [3.63, 3.8) is 0 Å². The van der Waals surface area contributed by atoms with Gasteiger partial charge < -0.3 is 10.4 Å². The molecule has 0 radical (unpaired) electrons. The summed E-state index contributed by atoms with van der Waals surface area (Å²) in [6, 6.07) is 0.257. The van der Waals surface area contributed by atoms with Crippen LogP contribution in [-0.4, -0.2) is 23.2 Å². The van der Waals surface area contributed by atoms with Crippen molar-refractivity contribution in [1.29, 1.82) is 0 Å². The van der Waals surface area contributed by atoms with Crippen LogP contribution >= 0.6 is 0 Å². The van der Waals surface area contributed by atoms with Crippen LogP contribution in [-0.2, 0) is 4.79 Å².